The van der Waals surface area contributed by atoms with Crippen molar-refractivity contribution in [3.05, 3.63) is 47.7 Å². The topological polar surface area (TPSA) is 63.2 Å². The average molecular weight is 398 g/mol. The highest BCUT2D eigenvalue weighted by Gasteiger charge is 2.17. The van der Waals surface area contributed by atoms with Crippen LogP contribution in [0.5, 0.6) is 11.6 Å². The monoisotopic (exact) mass is 397 g/mol. The number of amides is 1. The number of carbonyl (C=O) groups is 1. The van der Waals surface area contributed by atoms with Crippen LogP contribution in [-0.2, 0) is 4.79 Å². The molecule has 7 heteroatoms. The first-order chi connectivity index (χ1) is 11.6. The number of rotatable bonds is 5. The molecule has 26 heavy (non-hydrogen) atoms. The van der Waals surface area contributed by atoms with Gasteiger partial charge in [-0.05, 0) is 56.5 Å². The number of ether oxygens (including phenoxy) is 1. The number of nitrogens with zero attached hydrogens (tertiary/aromatic N) is 1. The minimum absolute atomic E-state index is 0. The average Bonchev–Trinajstić information content (AvgIpc) is 3.03. The van der Waals surface area contributed by atoms with Crippen molar-refractivity contribution < 1.29 is 9.53 Å². The van der Waals surface area contributed by atoms with Crippen molar-refractivity contribution in [2.24, 2.45) is 0 Å². The van der Waals surface area contributed by atoms with E-state index in [0.717, 1.165) is 36.2 Å². The zero-order valence-electron chi connectivity index (χ0n) is 15.0. The Labute approximate surface area is 166 Å². The predicted molar refractivity (Wildman–Crippen MR) is 109 cm³/mol. The summed E-state index contributed by atoms with van der Waals surface area (Å²) in [6, 6.07) is 9.78. The van der Waals surface area contributed by atoms with Crippen LogP contribution in [0.25, 0.3) is 0 Å². The Morgan fingerprint density at radius 3 is 2.77 bits per heavy atom. The second-order valence-corrected chi connectivity index (χ2v) is 6.30. The van der Waals surface area contributed by atoms with E-state index in [1.807, 2.05) is 44.2 Å². The molecular formula is C19H25Cl2N3O2. The van der Waals surface area contributed by atoms with Crippen LogP contribution in [0.3, 0.4) is 0 Å². The summed E-state index contributed by atoms with van der Waals surface area (Å²) in [6.07, 6.45) is 4.43. The number of anilines is 1. The lowest BCUT2D eigenvalue weighted by Crippen LogP contribution is -2.27. The first kappa shape index (κ1) is 22.2. The van der Waals surface area contributed by atoms with Gasteiger partial charge in [0.25, 0.3) is 0 Å². The Balaban J connectivity index is 0.00000169. The third-order valence-corrected chi connectivity index (χ3v) is 4.17. The van der Waals surface area contributed by atoms with Gasteiger partial charge >= 0.3 is 0 Å². The highest BCUT2D eigenvalue weighted by atomic mass is 35.5. The Morgan fingerprint density at radius 2 is 2.08 bits per heavy atom. The van der Waals surface area contributed by atoms with E-state index in [9.17, 15) is 4.79 Å². The third kappa shape index (κ3) is 6.16. The lowest BCUT2D eigenvalue weighted by atomic mass is 10.1. The predicted octanol–water partition coefficient (Wildman–Crippen LogP) is 4.41. The summed E-state index contributed by atoms with van der Waals surface area (Å²) in [5.74, 6) is 1.28. The number of carbonyl (C=O) groups excluding carboxylic acids is 1. The van der Waals surface area contributed by atoms with Crippen molar-refractivity contribution in [1.29, 1.82) is 0 Å². The molecule has 1 atom stereocenters. The molecule has 2 N–H and O–H groups in total. The number of hydrogen-bond donors (Lipinski definition) is 2. The molecule has 1 saturated heterocycles. The number of benzene rings is 1. The molecule has 0 radical (unpaired) electrons. The molecule has 1 fully saturated rings. The van der Waals surface area contributed by atoms with Gasteiger partial charge in [0.2, 0.25) is 11.8 Å². The molecule has 1 aromatic carbocycles. The lowest BCUT2D eigenvalue weighted by Gasteiger charge is -2.13. The Bertz CT molecular complexity index is 734. The smallest absolute Gasteiger partial charge is 0.225 e. The Morgan fingerprint density at radius 1 is 1.27 bits per heavy atom. The number of aryl methyl sites for hydroxylation is 2. The summed E-state index contributed by atoms with van der Waals surface area (Å²) >= 11 is 0. The van der Waals surface area contributed by atoms with E-state index in [-0.39, 0.29) is 30.7 Å². The van der Waals surface area contributed by atoms with Crippen LogP contribution in [0.2, 0.25) is 0 Å². The molecule has 0 bridgehead atoms. The van der Waals surface area contributed by atoms with Crippen molar-refractivity contribution in [2.75, 3.05) is 11.9 Å². The molecule has 0 aliphatic carbocycles. The molecule has 1 aromatic heterocycles. The first-order valence-electron chi connectivity index (χ1n) is 8.34. The minimum Gasteiger partial charge on any atom is -0.439 e. The fraction of sp³-hybridized carbons (Fsp3) is 0.368. The zero-order chi connectivity index (χ0) is 16.9. The van der Waals surface area contributed by atoms with E-state index in [1.165, 1.54) is 0 Å². The molecule has 1 aliphatic heterocycles. The molecule has 142 valence electrons. The third-order valence-electron chi connectivity index (χ3n) is 4.17. The molecule has 0 saturated carbocycles. The van der Waals surface area contributed by atoms with Gasteiger partial charge in [0.15, 0.2) is 0 Å². The quantitative estimate of drug-likeness (QED) is 0.783. The van der Waals surface area contributed by atoms with Gasteiger partial charge in [0.05, 0.1) is 0 Å². The van der Waals surface area contributed by atoms with Gasteiger partial charge in [0, 0.05) is 36.5 Å². The molecule has 1 amide bonds. The normalized spacial score (nSPS) is 15.5. The van der Waals surface area contributed by atoms with Crippen molar-refractivity contribution in [3.63, 3.8) is 0 Å². The van der Waals surface area contributed by atoms with E-state index in [0.29, 0.717) is 24.1 Å². The van der Waals surface area contributed by atoms with Crippen LogP contribution >= 0.6 is 24.8 Å². The molecule has 5 nitrogen and oxygen atoms in total. The van der Waals surface area contributed by atoms with Crippen LogP contribution in [0.1, 0.15) is 30.4 Å². The maximum absolute atomic E-state index is 12.2. The van der Waals surface area contributed by atoms with Gasteiger partial charge in [0.1, 0.15) is 5.75 Å². The van der Waals surface area contributed by atoms with Crippen molar-refractivity contribution >= 4 is 36.4 Å². The summed E-state index contributed by atoms with van der Waals surface area (Å²) < 4.78 is 5.87. The minimum atomic E-state index is 0. The standard InChI is InChI=1S/C19H23N3O2.2ClH/c1-13-7-9-21-19(10-13)24-17-11-16(6-5-14(17)2)22-18(23)12-15-4-3-8-20-15;;/h5-7,9-11,15,20H,3-4,8,12H2,1-2H3,(H,22,23);2*1H. The number of nitrogens with one attached hydrogen (secondary N) is 2. The molecule has 2 heterocycles. The fourth-order valence-electron chi connectivity index (χ4n) is 2.83. The Kier molecular flexibility index (Phi) is 8.85. The second-order valence-electron chi connectivity index (χ2n) is 6.30. The SMILES string of the molecule is Cc1ccnc(Oc2cc(NC(=O)CC3CCCN3)ccc2C)c1.Cl.Cl. The largest absolute Gasteiger partial charge is 0.439 e. The molecule has 1 unspecified atom stereocenters. The van der Waals surface area contributed by atoms with Gasteiger partial charge < -0.3 is 15.4 Å². The lowest BCUT2D eigenvalue weighted by molar-refractivity contribution is -0.116. The van der Waals surface area contributed by atoms with Crippen molar-refractivity contribution in [2.45, 2.75) is 39.2 Å². The summed E-state index contributed by atoms with van der Waals surface area (Å²) in [5.41, 5.74) is 2.83. The second kappa shape index (κ2) is 10.4. The van der Waals surface area contributed by atoms with Crippen molar-refractivity contribution in [3.8, 4) is 11.6 Å². The molecule has 3 rings (SSSR count). The maximum atomic E-state index is 12.2. The molecule has 1 aliphatic rings. The van der Waals surface area contributed by atoms with E-state index in [1.54, 1.807) is 6.20 Å². The van der Waals surface area contributed by atoms with Gasteiger partial charge in [-0.25, -0.2) is 4.98 Å². The Hall–Kier alpha value is -1.82. The molecule has 2 aromatic rings. The van der Waals surface area contributed by atoms with Gasteiger partial charge in [-0.3, -0.25) is 4.79 Å². The van der Waals surface area contributed by atoms with Crippen LogP contribution in [-0.4, -0.2) is 23.5 Å². The maximum Gasteiger partial charge on any atom is 0.225 e. The molecular weight excluding hydrogens is 373 g/mol. The molecule has 0 spiro atoms. The van der Waals surface area contributed by atoms with Crippen LogP contribution in [0.4, 0.5) is 5.69 Å². The van der Waals surface area contributed by atoms with E-state index in [2.05, 4.69) is 15.6 Å². The fourth-order valence-corrected chi connectivity index (χ4v) is 2.83. The van der Waals surface area contributed by atoms with Crippen LogP contribution in [0, 0.1) is 13.8 Å². The summed E-state index contributed by atoms with van der Waals surface area (Å²) in [4.78, 5) is 16.4. The van der Waals surface area contributed by atoms with Gasteiger partial charge in [-0.15, -0.1) is 24.8 Å². The number of halogens is 2. The van der Waals surface area contributed by atoms with E-state index in [4.69, 9.17) is 4.74 Å². The first-order valence-corrected chi connectivity index (χ1v) is 8.34. The van der Waals surface area contributed by atoms with E-state index >= 15 is 0 Å². The highest BCUT2D eigenvalue weighted by molar-refractivity contribution is 5.91. The number of aromatic nitrogens is 1. The summed E-state index contributed by atoms with van der Waals surface area (Å²) in [5, 5.41) is 6.29. The van der Waals surface area contributed by atoms with E-state index < -0.39 is 0 Å². The van der Waals surface area contributed by atoms with Gasteiger partial charge in [-0.2, -0.15) is 0 Å². The van der Waals surface area contributed by atoms with Crippen LogP contribution in [0.15, 0.2) is 36.5 Å². The van der Waals surface area contributed by atoms with Crippen molar-refractivity contribution in [1.82, 2.24) is 10.3 Å². The summed E-state index contributed by atoms with van der Waals surface area (Å²) in [6.45, 7) is 4.97. The van der Waals surface area contributed by atoms with Gasteiger partial charge in [-0.1, -0.05) is 6.07 Å². The van der Waals surface area contributed by atoms with Crippen LogP contribution < -0.4 is 15.4 Å². The number of pyridine rings is 1. The zero-order valence-corrected chi connectivity index (χ0v) is 16.6. The highest BCUT2D eigenvalue weighted by Crippen LogP contribution is 2.27. The number of hydrogen-bond acceptors (Lipinski definition) is 4. The summed E-state index contributed by atoms with van der Waals surface area (Å²) in [7, 11) is 0.